The first-order chi connectivity index (χ1) is 19.4. The molecule has 1 fully saturated rings. The summed E-state index contributed by atoms with van der Waals surface area (Å²) in [5.41, 5.74) is 2.99. The van der Waals surface area contributed by atoms with Gasteiger partial charge in [-0.15, -0.1) is 0 Å². The average molecular weight is 560 g/mol. The normalized spacial score (nSPS) is 19.2. The molecule has 10 nitrogen and oxygen atoms in total. The zero-order valence-electron chi connectivity index (χ0n) is 22.0. The number of ether oxygens (including phenoxy) is 1. The first-order valence-corrected chi connectivity index (χ1v) is 14.5. The number of benzene rings is 3. The van der Waals surface area contributed by atoms with Crippen molar-refractivity contribution < 1.29 is 14.1 Å². The molecule has 0 amide bonds. The third kappa shape index (κ3) is 4.42. The number of aryl methyl sites for hydroxylation is 1. The van der Waals surface area contributed by atoms with E-state index in [0.717, 1.165) is 22.2 Å². The lowest BCUT2D eigenvalue weighted by Crippen LogP contribution is -2.45. The van der Waals surface area contributed by atoms with E-state index in [0.29, 0.717) is 43.6 Å². The Morgan fingerprint density at radius 1 is 1.00 bits per heavy atom. The monoisotopic (exact) mass is 559 g/mol. The minimum atomic E-state index is -2.84. The molecule has 1 atom stereocenters. The van der Waals surface area contributed by atoms with E-state index >= 15 is 0 Å². The van der Waals surface area contributed by atoms with Gasteiger partial charge in [0.05, 0.1) is 40.5 Å². The van der Waals surface area contributed by atoms with Crippen molar-refractivity contribution >= 4 is 35.7 Å². The van der Waals surface area contributed by atoms with E-state index < -0.39 is 12.3 Å². The van der Waals surface area contributed by atoms with Gasteiger partial charge in [0.2, 0.25) is 0 Å². The number of aromatic nitrogens is 2. The number of rotatable bonds is 5. The second-order valence-corrected chi connectivity index (χ2v) is 12.4. The third-order valence-corrected chi connectivity index (χ3v) is 10.9. The number of fused-ring (bicyclic) bond motifs is 1. The lowest BCUT2D eigenvalue weighted by Gasteiger charge is -2.46. The summed E-state index contributed by atoms with van der Waals surface area (Å²) in [4.78, 5) is 16.0. The van der Waals surface area contributed by atoms with Crippen molar-refractivity contribution in [2.75, 3.05) is 33.4 Å². The van der Waals surface area contributed by atoms with Crippen LogP contribution in [-0.2, 0) is 4.74 Å². The van der Waals surface area contributed by atoms with Crippen molar-refractivity contribution in [3.05, 3.63) is 106 Å². The Labute approximate surface area is 230 Å². The maximum Gasteiger partial charge on any atom is 0.269 e. The SMILES string of the molecule is Cc1nn(-c2ccccc2)c2c1P(=Nc1ccc([N+](=O)[O-])cc1)(N1CCOCC1)N(C)C(c1ccc(F)cc1)=N2. The fourth-order valence-electron chi connectivity index (χ4n) is 5.16. The lowest BCUT2D eigenvalue weighted by molar-refractivity contribution is -0.384. The third-order valence-electron chi connectivity index (χ3n) is 7.04. The molecule has 2 aliphatic rings. The minimum Gasteiger partial charge on any atom is -0.379 e. The molecule has 0 spiro atoms. The van der Waals surface area contributed by atoms with E-state index in [-0.39, 0.29) is 11.5 Å². The Hall–Kier alpha value is -4.18. The summed E-state index contributed by atoms with van der Waals surface area (Å²) in [5, 5.41) is 17.2. The standard InChI is InChI=1S/C28H27FN7O3P/c1-20-26-28(35(31-20)24-6-4-3-5-7-24)30-27(21-8-10-22(29)11-9-21)33(2)40(26,34-16-18-39-19-17-34)32-23-12-14-25(15-13-23)36(37)38/h3-15H,16-19H2,1-2H3. The molecule has 0 bridgehead atoms. The van der Waals surface area contributed by atoms with Crippen LogP contribution in [0.15, 0.2) is 88.6 Å². The number of para-hydroxylation sites is 1. The Morgan fingerprint density at radius 3 is 2.33 bits per heavy atom. The van der Waals surface area contributed by atoms with Crippen LogP contribution in [0.2, 0.25) is 0 Å². The molecule has 0 N–H and O–H groups in total. The highest BCUT2D eigenvalue weighted by atomic mass is 31.2. The van der Waals surface area contributed by atoms with Crippen molar-refractivity contribution in [2.24, 2.45) is 9.74 Å². The number of halogens is 1. The van der Waals surface area contributed by atoms with Gasteiger partial charge in [0.25, 0.3) is 5.69 Å². The molecule has 0 aliphatic carbocycles. The van der Waals surface area contributed by atoms with Gasteiger partial charge in [-0.2, -0.15) is 5.10 Å². The first kappa shape index (κ1) is 26.1. The summed E-state index contributed by atoms with van der Waals surface area (Å²) >= 11 is 0. The number of non-ortho nitro benzene ring substituents is 1. The summed E-state index contributed by atoms with van der Waals surface area (Å²) in [5.74, 6) is 0.958. The number of aliphatic imine (C=N–C) groups is 1. The van der Waals surface area contributed by atoms with Crippen LogP contribution in [0.4, 0.5) is 21.6 Å². The van der Waals surface area contributed by atoms with Gasteiger partial charge in [-0.1, -0.05) is 18.2 Å². The quantitative estimate of drug-likeness (QED) is 0.180. The Bertz CT molecular complexity index is 1650. The largest absolute Gasteiger partial charge is 0.379 e. The molecule has 2 aliphatic heterocycles. The van der Waals surface area contributed by atoms with Gasteiger partial charge in [0.15, 0.2) is 13.2 Å². The Kier molecular flexibility index (Phi) is 6.79. The predicted molar refractivity (Wildman–Crippen MR) is 153 cm³/mol. The van der Waals surface area contributed by atoms with Crippen molar-refractivity contribution in [1.29, 1.82) is 0 Å². The summed E-state index contributed by atoms with van der Waals surface area (Å²) < 4.78 is 31.4. The molecule has 1 unspecified atom stereocenters. The molecule has 12 heteroatoms. The molecule has 0 radical (unpaired) electrons. The Morgan fingerprint density at radius 2 is 1.68 bits per heavy atom. The van der Waals surface area contributed by atoms with Gasteiger partial charge >= 0.3 is 0 Å². The molecule has 1 aromatic heterocycles. The zero-order valence-corrected chi connectivity index (χ0v) is 22.9. The highest BCUT2D eigenvalue weighted by molar-refractivity contribution is 7.70. The van der Waals surface area contributed by atoms with Crippen LogP contribution in [-0.4, -0.2) is 63.2 Å². The molecule has 3 aromatic carbocycles. The van der Waals surface area contributed by atoms with E-state index in [1.807, 2.05) is 49.0 Å². The van der Waals surface area contributed by atoms with Gasteiger partial charge in [0.1, 0.15) is 11.7 Å². The van der Waals surface area contributed by atoms with Crippen LogP contribution in [0, 0.1) is 22.9 Å². The predicted octanol–water partition coefficient (Wildman–Crippen LogP) is 5.57. The fraction of sp³-hybridized carbons (Fsp3) is 0.214. The summed E-state index contributed by atoms with van der Waals surface area (Å²) in [6.07, 6.45) is 0. The molecular formula is C28H27FN7O3P. The number of nitrogens with zero attached hydrogens (tertiary/aromatic N) is 7. The molecule has 1 saturated heterocycles. The smallest absolute Gasteiger partial charge is 0.269 e. The lowest BCUT2D eigenvalue weighted by atomic mass is 10.2. The van der Waals surface area contributed by atoms with Crippen LogP contribution < -0.4 is 5.30 Å². The maximum atomic E-state index is 13.9. The number of amidine groups is 1. The van der Waals surface area contributed by atoms with E-state index in [1.165, 1.54) is 24.3 Å². The van der Waals surface area contributed by atoms with Gasteiger partial charge in [0, 0.05) is 37.8 Å². The molecule has 204 valence electrons. The molecule has 40 heavy (non-hydrogen) atoms. The number of nitro groups is 1. The molecule has 6 rings (SSSR count). The van der Waals surface area contributed by atoms with Crippen LogP contribution in [0.1, 0.15) is 11.3 Å². The number of nitro benzene ring substituents is 1. The van der Waals surface area contributed by atoms with Crippen molar-refractivity contribution in [3.8, 4) is 5.69 Å². The second-order valence-electron chi connectivity index (χ2n) is 9.48. The molecule has 4 aromatic rings. The number of hydrogen-bond donors (Lipinski definition) is 0. The summed E-state index contributed by atoms with van der Waals surface area (Å²) in [7, 11) is -0.883. The summed E-state index contributed by atoms with van der Waals surface area (Å²) in [6, 6.07) is 22.3. The highest BCUT2D eigenvalue weighted by Gasteiger charge is 2.45. The Balaban J connectivity index is 1.68. The second kappa shape index (κ2) is 10.4. The number of hydrogen-bond acceptors (Lipinski definition) is 6. The average Bonchev–Trinajstić information content (AvgIpc) is 3.32. The highest BCUT2D eigenvalue weighted by Crippen LogP contribution is 2.61. The fourth-order valence-corrected chi connectivity index (χ4v) is 8.97. The topological polar surface area (TPSA) is 101 Å². The van der Waals surface area contributed by atoms with Gasteiger partial charge in [-0.3, -0.25) is 10.1 Å². The van der Waals surface area contributed by atoms with Crippen molar-refractivity contribution in [1.82, 2.24) is 19.1 Å². The molecule has 0 saturated carbocycles. The molecule has 3 heterocycles. The van der Waals surface area contributed by atoms with Crippen molar-refractivity contribution in [3.63, 3.8) is 0 Å². The summed E-state index contributed by atoms with van der Waals surface area (Å²) in [6.45, 7) is 4.29. The van der Waals surface area contributed by atoms with Crippen LogP contribution in [0.5, 0.6) is 0 Å². The van der Waals surface area contributed by atoms with Gasteiger partial charge in [-0.05, 0) is 55.5 Å². The number of morpholine rings is 1. The first-order valence-electron chi connectivity index (χ1n) is 12.8. The van der Waals surface area contributed by atoms with E-state index in [9.17, 15) is 14.5 Å². The molecular weight excluding hydrogens is 532 g/mol. The van der Waals surface area contributed by atoms with Crippen LogP contribution in [0.25, 0.3) is 5.69 Å². The van der Waals surface area contributed by atoms with E-state index in [1.54, 1.807) is 24.3 Å². The van der Waals surface area contributed by atoms with Gasteiger partial charge < -0.3 is 9.41 Å². The van der Waals surface area contributed by atoms with E-state index in [4.69, 9.17) is 19.6 Å². The van der Waals surface area contributed by atoms with Crippen LogP contribution in [0.3, 0.4) is 0 Å². The zero-order chi connectivity index (χ0) is 27.9. The van der Waals surface area contributed by atoms with Gasteiger partial charge in [-0.25, -0.2) is 23.5 Å². The van der Waals surface area contributed by atoms with Crippen molar-refractivity contribution in [2.45, 2.75) is 6.92 Å². The minimum absolute atomic E-state index is 0.00275. The maximum absolute atomic E-state index is 13.9. The van der Waals surface area contributed by atoms with E-state index in [2.05, 4.69) is 9.34 Å². The van der Waals surface area contributed by atoms with Crippen LogP contribution >= 0.6 is 7.36 Å².